The van der Waals surface area contributed by atoms with Gasteiger partial charge in [0.25, 0.3) is 0 Å². The summed E-state index contributed by atoms with van der Waals surface area (Å²) >= 11 is 0. The Morgan fingerprint density at radius 1 is 0.593 bits per heavy atom. The number of rotatable bonds is 1. The molecule has 0 aliphatic carbocycles. The molecule has 6 rings (SSSR count). The van der Waals surface area contributed by atoms with E-state index in [0.717, 1.165) is 27.4 Å². The third kappa shape index (κ3) is 2.04. The van der Waals surface area contributed by atoms with Crippen molar-refractivity contribution < 1.29 is 4.42 Å². The lowest BCUT2D eigenvalue weighted by molar-refractivity contribution is 0.606. The van der Waals surface area contributed by atoms with Crippen LogP contribution in [0.4, 0.5) is 0 Å². The Bertz CT molecular complexity index is 1410. The van der Waals surface area contributed by atoms with E-state index in [1.54, 1.807) is 0 Å². The maximum atomic E-state index is 6.29. The molecule has 2 heterocycles. The number of hydrogen-bond donors (Lipinski definition) is 0. The molecule has 2 nitrogen and oxygen atoms in total. The van der Waals surface area contributed by atoms with Crippen LogP contribution in [0.2, 0.25) is 0 Å². The Morgan fingerprint density at radius 3 is 2.22 bits per heavy atom. The minimum absolute atomic E-state index is 0.692. The monoisotopic (exact) mass is 345 g/mol. The lowest BCUT2D eigenvalue weighted by atomic mass is 9.92. The van der Waals surface area contributed by atoms with Gasteiger partial charge in [0.15, 0.2) is 0 Å². The zero-order valence-electron chi connectivity index (χ0n) is 14.5. The minimum atomic E-state index is 0.692. The molecular weight excluding hydrogens is 330 g/mol. The molecule has 0 atom stereocenters. The summed E-state index contributed by atoms with van der Waals surface area (Å²) in [6, 6.07) is 31.5. The largest absolute Gasteiger partial charge is 0.438 e. The molecule has 4 aromatic carbocycles. The fraction of sp³-hybridized carbons (Fsp3) is 0. The van der Waals surface area contributed by atoms with Crippen molar-refractivity contribution in [3.63, 3.8) is 0 Å². The summed E-state index contributed by atoms with van der Waals surface area (Å²) in [6.07, 6.45) is 0. The van der Waals surface area contributed by atoms with Crippen molar-refractivity contribution in [2.45, 2.75) is 0 Å². The van der Waals surface area contributed by atoms with Crippen LogP contribution in [0.1, 0.15) is 0 Å². The van der Waals surface area contributed by atoms with Gasteiger partial charge >= 0.3 is 0 Å². The van der Waals surface area contributed by atoms with E-state index in [1.807, 2.05) is 12.1 Å². The van der Waals surface area contributed by atoms with Crippen LogP contribution in [0.5, 0.6) is 0 Å². The zero-order valence-corrected chi connectivity index (χ0v) is 14.5. The van der Waals surface area contributed by atoms with Crippen molar-refractivity contribution in [3.8, 4) is 22.6 Å². The smallest absolute Gasteiger partial charge is 0.228 e. The highest BCUT2D eigenvalue weighted by molar-refractivity contribution is 6.19. The molecule has 0 N–H and O–H groups in total. The van der Waals surface area contributed by atoms with Crippen molar-refractivity contribution in [2.75, 3.05) is 0 Å². The Balaban J connectivity index is 1.95. The van der Waals surface area contributed by atoms with E-state index < -0.39 is 0 Å². The highest BCUT2D eigenvalue weighted by Gasteiger charge is 2.23. The van der Waals surface area contributed by atoms with E-state index in [9.17, 15) is 0 Å². The average molecular weight is 345 g/mol. The van der Waals surface area contributed by atoms with Crippen molar-refractivity contribution in [3.05, 3.63) is 91.0 Å². The van der Waals surface area contributed by atoms with Crippen LogP contribution in [0, 0.1) is 0 Å². The number of benzene rings is 4. The van der Waals surface area contributed by atoms with Crippen LogP contribution in [0.15, 0.2) is 95.4 Å². The molecule has 27 heavy (non-hydrogen) atoms. The molecule has 0 unspecified atom stereocenters. The third-order valence-corrected chi connectivity index (χ3v) is 5.27. The fourth-order valence-corrected chi connectivity index (χ4v) is 4.10. The number of para-hydroxylation sites is 1. The molecule has 0 aromatic heterocycles. The van der Waals surface area contributed by atoms with Crippen LogP contribution in [0.25, 0.3) is 55.2 Å². The topological polar surface area (TPSA) is 26.0 Å². The van der Waals surface area contributed by atoms with Gasteiger partial charge < -0.3 is 4.42 Å². The minimum Gasteiger partial charge on any atom is -0.438 e. The molecule has 0 spiro atoms. The van der Waals surface area contributed by atoms with E-state index >= 15 is 0 Å². The summed E-state index contributed by atoms with van der Waals surface area (Å²) in [4.78, 5) is 4.76. The maximum Gasteiger partial charge on any atom is 0.228 e. The molecule has 2 heteroatoms. The Kier molecular flexibility index (Phi) is 2.91. The Hall–Kier alpha value is -3.65. The average Bonchev–Trinajstić information content (AvgIpc) is 3.10. The standard InChI is InChI=1S/C25H15NO/c1-2-9-17(10-3-1)22-23-18-11-5-4-8-16(18)14-15-21(23)27-25-24(22)19-12-6-7-13-20(19)26-25/h1-15H. The summed E-state index contributed by atoms with van der Waals surface area (Å²) in [5, 5.41) is 4.68. The van der Waals surface area contributed by atoms with Crippen LogP contribution >= 0.6 is 0 Å². The normalized spacial score (nSPS) is 11.7. The van der Waals surface area contributed by atoms with Gasteiger partial charge in [-0.1, -0.05) is 78.9 Å². The number of fused-ring (bicyclic) bond motifs is 6. The van der Waals surface area contributed by atoms with Crippen molar-refractivity contribution in [1.82, 2.24) is 4.98 Å². The molecular formula is C25H15NO. The number of hydrogen-bond acceptors (Lipinski definition) is 2. The van der Waals surface area contributed by atoms with E-state index in [4.69, 9.17) is 9.40 Å². The molecule has 2 aliphatic heterocycles. The molecule has 0 bridgehead atoms. The summed E-state index contributed by atoms with van der Waals surface area (Å²) in [6.45, 7) is 0. The molecule has 0 radical (unpaired) electrons. The maximum absolute atomic E-state index is 6.29. The SMILES string of the molecule is c1ccc(-c2c3c4ccccc4nc-3oc3ccc4ccccc4c23)cc1. The second-order valence-corrected chi connectivity index (χ2v) is 6.81. The van der Waals surface area contributed by atoms with Gasteiger partial charge in [0.2, 0.25) is 5.89 Å². The first-order valence-electron chi connectivity index (χ1n) is 9.08. The lowest BCUT2D eigenvalue weighted by Gasteiger charge is -2.14. The molecule has 0 amide bonds. The van der Waals surface area contributed by atoms with E-state index in [-0.39, 0.29) is 0 Å². The van der Waals surface area contributed by atoms with Gasteiger partial charge in [-0.15, -0.1) is 0 Å². The highest BCUT2D eigenvalue weighted by Crippen LogP contribution is 2.46. The predicted octanol–water partition coefficient (Wildman–Crippen LogP) is 6.91. The first-order valence-corrected chi connectivity index (χ1v) is 9.08. The Labute approximate surface area is 156 Å². The van der Waals surface area contributed by atoms with Crippen molar-refractivity contribution >= 4 is 32.6 Å². The Morgan fingerprint density at radius 2 is 1.33 bits per heavy atom. The molecule has 4 aromatic rings. The molecule has 2 aliphatic rings. The third-order valence-electron chi connectivity index (χ3n) is 5.27. The number of aromatic nitrogens is 1. The van der Waals surface area contributed by atoms with Crippen molar-refractivity contribution in [2.24, 2.45) is 0 Å². The van der Waals surface area contributed by atoms with Gasteiger partial charge in [0, 0.05) is 16.3 Å². The second kappa shape index (κ2) is 5.42. The van der Waals surface area contributed by atoms with Crippen LogP contribution < -0.4 is 0 Å². The summed E-state index contributed by atoms with van der Waals surface area (Å²) in [5.41, 5.74) is 5.28. The predicted molar refractivity (Wildman–Crippen MR) is 111 cm³/mol. The van der Waals surface area contributed by atoms with Gasteiger partial charge in [-0.05, 0) is 28.5 Å². The van der Waals surface area contributed by atoms with Crippen LogP contribution in [0.3, 0.4) is 0 Å². The molecule has 0 saturated carbocycles. The molecule has 0 fully saturated rings. The summed E-state index contributed by atoms with van der Waals surface area (Å²) in [5.74, 6) is 0.692. The van der Waals surface area contributed by atoms with Gasteiger partial charge in [-0.25, -0.2) is 4.98 Å². The summed E-state index contributed by atoms with van der Waals surface area (Å²) < 4.78 is 6.29. The lowest BCUT2D eigenvalue weighted by Crippen LogP contribution is -1.90. The quantitative estimate of drug-likeness (QED) is 0.303. The zero-order chi connectivity index (χ0) is 17.8. The van der Waals surface area contributed by atoms with Gasteiger partial charge in [0.1, 0.15) is 5.58 Å². The first-order chi connectivity index (χ1) is 13.4. The van der Waals surface area contributed by atoms with E-state index in [1.165, 1.54) is 21.9 Å². The van der Waals surface area contributed by atoms with Gasteiger partial charge in [-0.3, -0.25) is 0 Å². The van der Waals surface area contributed by atoms with Gasteiger partial charge in [-0.2, -0.15) is 0 Å². The summed E-state index contributed by atoms with van der Waals surface area (Å²) in [7, 11) is 0. The van der Waals surface area contributed by atoms with Crippen LogP contribution in [-0.2, 0) is 0 Å². The molecule has 0 saturated heterocycles. The highest BCUT2D eigenvalue weighted by atomic mass is 16.3. The van der Waals surface area contributed by atoms with E-state index in [2.05, 4.69) is 78.9 Å². The van der Waals surface area contributed by atoms with E-state index in [0.29, 0.717) is 5.89 Å². The van der Waals surface area contributed by atoms with Crippen molar-refractivity contribution in [1.29, 1.82) is 0 Å². The second-order valence-electron chi connectivity index (χ2n) is 6.81. The van der Waals surface area contributed by atoms with Crippen LogP contribution in [-0.4, -0.2) is 4.98 Å². The first kappa shape index (κ1) is 14.5. The number of nitrogens with zero attached hydrogens (tertiary/aromatic N) is 1. The molecule has 126 valence electrons. The fourth-order valence-electron chi connectivity index (χ4n) is 4.10. The van der Waals surface area contributed by atoms with Gasteiger partial charge in [0.05, 0.1) is 11.1 Å².